The molecule has 0 spiro atoms. The molecule has 2 rings (SSSR count). The number of benzene rings is 1. The lowest BCUT2D eigenvalue weighted by Gasteiger charge is -2.21. The van der Waals surface area contributed by atoms with Crippen molar-refractivity contribution in [1.82, 2.24) is 14.9 Å². The van der Waals surface area contributed by atoms with E-state index < -0.39 is 39.3 Å². The fraction of sp³-hybridized carbons (Fsp3) is 0.357. The van der Waals surface area contributed by atoms with Crippen LogP contribution in [-0.4, -0.2) is 30.6 Å². The number of carbonyl (C=O) groups excluding carboxylic acids is 1. The van der Waals surface area contributed by atoms with E-state index in [1.807, 2.05) is 0 Å². The number of sulfonamides is 1. The van der Waals surface area contributed by atoms with Gasteiger partial charge in [-0.25, -0.2) is 17.2 Å². The van der Waals surface area contributed by atoms with Gasteiger partial charge < -0.3 is 0 Å². The summed E-state index contributed by atoms with van der Waals surface area (Å²) in [6.07, 6.45) is -2.80. The highest BCUT2D eigenvalue weighted by Gasteiger charge is 2.29. The van der Waals surface area contributed by atoms with E-state index in [4.69, 9.17) is 0 Å². The van der Waals surface area contributed by atoms with Crippen molar-refractivity contribution >= 4 is 48.3 Å². The van der Waals surface area contributed by atoms with Crippen molar-refractivity contribution in [3.05, 3.63) is 33.7 Å². The Kier molecular flexibility index (Phi) is 6.77. The highest BCUT2D eigenvalue weighted by Crippen LogP contribution is 2.25. The van der Waals surface area contributed by atoms with Crippen molar-refractivity contribution < 1.29 is 22.0 Å². The van der Waals surface area contributed by atoms with Crippen LogP contribution in [0, 0.1) is 5.92 Å². The molecule has 0 aliphatic carbocycles. The van der Waals surface area contributed by atoms with Crippen molar-refractivity contribution in [3.63, 3.8) is 0 Å². The third-order valence-electron chi connectivity index (χ3n) is 3.21. The van der Waals surface area contributed by atoms with Crippen LogP contribution in [-0.2, 0) is 14.8 Å². The molecule has 0 bridgehead atoms. The molecule has 0 saturated heterocycles. The summed E-state index contributed by atoms with van der Waals surface area (Å²) < 4.78 is 53.1. The molecule has 0 fully saturated rings. The fourth-order valence-corrected chi connectivity index (χ4v) is 4.11. The molecule has 142 valence electrons. The summed E-state index contributed by atoms with van der Waals surface area (Å²) in [6.45, 7) is 3.30. The second kappa shape index (κ2) is 8.46. The Morgan fingerprint density at radius 3 is 2.31 bits per heavy atom. The lowest BCUT2D eigenvalue weighted by molar-refractivity contribution is -0.118. The minimum atomic E-state index is -3.95. The van der Waals surface area contributed by atoms with Gasteiger partial charge >= 0.3 is 0 Å². The van der Waals surface area contributed by atoms with Crippen molar-refractivity contribution in [2.75, 3.05) is 5.32 Å². The van der Waals surface area contributed by atoms with Crippen molar-refractivity contribution in [1.29, 1.82) is 0 Å². The summed E-state index contributed by atoms with van der Waals surface area (Å²) in [5, 5.41) is 8.38. The zero-order valence-corrected chi connectivity index (χ0v) is 16.8. The van der Waals surface area contributed by atoms with Gasteiger partial charge in [0.2, 0.25) is 21.1 Å². The number of carbonyl (C=O) groups is 1. The summed E-state index contributed by atoms with van der Waals surface area (Å²) in [6, 6.07) is 4.78. The largest absolute Gasteiger partial charge is 0.299 e. The Hall–Kier alpha value is -1.50. The van der Waals surface area contributed by atoms with Gasteiger partial charge in [0.05, 0.1) is 4.90 Å². The second-order valence-corrected chi connectivity index (χ2v) is 9.17. The molecule has 1 amide bonds. The predicted octanol–water partition coefficient (Wildman–Crippen LogP) is 3.18. The van der Waals surface area contributed by atoms with E-state index in [9.17, 15) is 22.0 Å². The fourth-order valence-electron chi connectivity index (χ4n) is 1.90. The van der Waals surface area contributed by atoms with Crippen LogP contribution in [0.15, 0.2) is 33.6 Å². The topological polar surface area (TPSA) is 101 Å². The molecule has 7 nitrogen and oxygen atoms in total. The first-order valence-corrected chi connectivity index (χ1v) is 10.4. The number of hydrogen-bond donors (Lipinski definition) is 2. The molecule has 0 radical (unpaired) electrons. The maximum atomic E-state index is 12.5. The summed E-state index contributed by atoms with van der Waals surface area (Å²) in [4.78, 5) is 12.4. The highest BCUT2D eigenvalue weighted by molar-refractivity contribution is 9.10. The number of halogens is 3. The number of nitrogens with one attached hydrogen (secondary N) is 2. The Morgan fingerprint density at radius 1 is 1.19 bits per heavy atom. The lowest BCUT2D eigenvalue weighted by Crippen LogP contribution is -2.47. The third kappa shape index (κ3) is 5.25. The molecule has 0 aliphatic heterocycles. The maximum absolute atomic E-state index is 12.5. The zero-order chi connectivity index (χ0) is 19.5. The van der Waals surface area contributed by atoms with Crippen LogP contribution in [0.2, 0.25) is 0 Å². The molecule has 26 heavy (non-hydrogen) atoms. The maximum Gasteiger partial charge on any atom is 0.291 e. The Labute approximate surface area is 161 Å². The molecule has 12 heteroatoms. The van der Waals surface area contributed by atoms with E-state index in [1.165, 1.54) is 12.1 Å². The van der Waals surface area contributed by atoms with Crippen LogP contribution in [0.3, 0.4) is 0 Å². The molecule has 1 aromatic carbocycles. The predicted molar refractivity (Wildman–Crippen MR) is 96.6 cm³/mol. The number of aromatic nitrogens is 2. The molecular formula is C14H15BrF2N4O3S2. The van der Waals surface area contributed by atoms with E-state index in [2.05, 4.69) is 36.2 Å². The van der Waals surface area contributed by atoms with Gasteiger partial charge in [-0.2, -0.15) is 4.72 Å². The highest BCUT2D eigenvalue weighted by atomic mass is 79.9. The van der Waals surface area contributed by atoms with E-state index in [0.717, 1.165) is 0 Å². The van der Waals surface area contributed by atoms with E-state index in [1.54, 1.807) is 26.0 Å². The van der Waals surface area contributed by atoms with Gasteiger partial charge in [-0.1, -0.05) is 41.1 Å². The summed E-state index contributed by atoms with van der Waals surface area (Å²) in [5.74, 6) is -1.11. The standard InChI is InChI=1S/C14H15BrF2N4O3S2/c1-7(2)10(12(22)18-14-20-19-13(25-14)11(16)17)21-26(23,24)9-5-3-8(15)4-6-9/h3-7,10-11,21H,1-2H3,(H,18,20,22)/t10-/m0/s1. The molecule has 0 saturated carbocycles. The van der Waals surface area contributed by atoms with Crippen LogP contribution < -0.4 is 10.0 Å². The monoisotopic (exact) mass is 468 g/mol. The molecule has 1 heterocycles. The average Bonchev–Trinajstić information content (AvgIpc) is 3.01. The normalized spacial score (nSPS) is 13.2. The van der Waals surface area contributed by atoms with Crippen LogP contribution in [0.5, 0.6) is 0 Å². The number of nitrogens with zero attached hydrogens (tertiary/aromatic N) is 2. The smallest absolute Gasteiger partial charge is 0.291 e. The summed E-state index contributed by atoms with van der Waals surface area (Å²) >= 11 is 3.74. The van der Waals surface area contributed by atoms with Crippen LogP contribution in [0.4, 0.5) is 13.9 Å². The Bertz CT molecular complexity index is 873. The van der Waals surface area contributed by atoms with Crippen LogP contribution >= 0.6 is 27.3 Å². The first kappa shape index (κ1) is 20.8. The molecule has 1 atom stereocenters. The van der Waals surface area contributed by atoms with Gasteiger partial charge in [0.1, 0.15) is 6.04 Å². The minimum absolute atomic E-state index is 0.00458. The summed E-state index contributed by atoms with van der Waals surface area (Å²) in [7, 11) is -3.95. The van der Waals surface area contributed by atoms with E-state index >= 15 is 0 Å². The van der Waals surface area contributed by atoms with E-state index in [-0.39, 0.29) is 10.0 Å². The van der Waals surface area contributed by atoms with Gasteiger partial charge in [0.25, 0.3) is 6.43 Å². The Morgan fingerprint density at radius 2 is 1.81 bits per heavy atom. The zero-order valence-electron chi connectivity index (χ0n) is 13.6. The first-order chi connectivity index (χ1) is 12.1. The van der Waals surface area contributed by atoms with Gasteiger partial charge in [0, 0.05) is 4.47 Å². The quantitative estimate of drug-likeness (QED) is 0.649. The molecule has 0 unspecified atom stereocenters. The summed E-state index contributed by atoms with van der Waals surface area (Å²) in [5.41, 5.74) is 0. The number of hydrogen-bond acceptors (Lipinski definition) is 6. The minimum Gasteiger partial charge on any atom is -0.299 e. The molecular weight excluding hydrogens is 454 g/mol. The molecule has 1 aromatic heterocycles. The van der Waals surface area contributed by atoms with Crippen molar-refractivity contribution in [2.45, 2.75) is 31.2 Å². The SMILES string of the molecule is CC(C)[C@H](NS(=O)(=O)c1ccc(Br)cc1)C(=O)Nc1nnc(C(F)F)s1. The van der Waals surface area contributed by atoms with E-state index in [0.29, 0.717) is 15.8 Å². The second-order valence-electron chi connectivity index (χ2n) is 5.53. The van der Waals surface area contributed by atoms with Crippen LogP contribution in [0.25, 0.3) is 0 Å². The van der Waals surface area contributed by atoms with Crippen molar-refractivity contribution in [3.8, 4) is 0 Å². The first-order valence-electron chi connectivity index (χ1n) is 7.30. The van der Waals surface area contributed by atoms with Crippen LogP contribution in [0.1, 0.15) is 25.3 Å². The third-order valence-corrected chi connectivity index (χ3v) is 6.04. The van der Waals surface area contributed by atoms with Gasteiger partial charge in [-0.15, -0.1) is 10.2 Å². The number of anilines is 1. The number of alkyl halides is 2. The van der Waals surface area contributed by atoms with Gasteiger partial charge in [-0.3, -0.25) is 10.1 Å². The Balaban J connectivity index is 2.16. The molecule has 2 N–H and O–H groups in total. The van der Waals surface area contributed by atoms with Gasteiger partial charge in [-0.05, 0) is 30.2 Å². The number of rotatable bonds is 7. The van der Waals surface area contributed by atoms with Crippen molar-refractivity contribution in [2.24, 2.45) is 5.92 Å². The number of amides is 1. The average molecular weight is 469 g/mol. The molecule has 2 aromatic rings. The van der Waals surface area contributed by atoms with Gasteiger partial charge in [0.15, 0.2) is 5.01 Å². The lowest BCUT2D eigenvalue weighted by atomic mass is 10.1. The molecule has 0 aliphatic rings.